The maximum Gasteiger partial charge on any atom is 0.340 e. The Morgan fingerprint density at radius 3 is 3.00 bits per heavy atom. The van der Waals surface area contributed by atoms with Gasteiger partial charge in [0.25, 0.3) is 0 Å². The third kappa shape index (κ3) is 3.68. The number of hydrogen-bond donors (Lipinski definition) is 1. The van der Waals surface area contributed by atoms with Crippen LogP contribution in [0.3, 0.4) is 0 Å². The number of nitrogens with zero attached hydrogens (tertiary/aromatic N) is 1. The molecule has 0 unspecified atom stereocenters. The summed E-state index contributed by atoms with van der Waals surface area (Å²) in [4.78, 5) is 16.6. The first-order valence-corrected chi connectivity index (χ1v) is 7.31. The van der Waals surface area contributed by atoms with Gasteiger partial charge < -0.3 is 10.1 Å². The SMILES string of the molecule is COC(=O)c1cc(Br)ccc1NCc1cnc(Cl)s1. The quantitative estimate of drug-likeness (QED) is 0.838. The zero-order chi connectivity index (χ0) is 13.8. The molecule has 2 rings (SSSR count). The van der Waals surface area contributed by atoms with E-state index in [-0.39, 0.29) is 5.97 Å². The Kier molecular flexibility index (Phi) is 4.79. The van der Waals surface area contributed by atoms with Crippen LogP contribution < -0.4 is 5.32 Å². The van der Waals surface area contributed by atoms with Gasteiger partial charge in [0.15, 0.2) is 4.47 Å². The molecule has 1 aromatic carbocycles. The van der Waals surface area contributed by atoms with Gasteiger partial charge in [0, 0.05) is 21.2 Å². The van der Waals surface area contributed by atoms with Crippen molar-refractivity contribution in [3.8, 4) is 0 Å². The fourth-order valence-corrected chi connectivity index (χ4v) is 2.78. The fraction of sp³-hybridized carbons (Fsp3) is 0.167. The lowest BCUT2D eigenvalue weighted by molar-refractivity contribution is 0.0601. The number of rotatable bonds is 4. The van der Waals surface area contributed by atoms with Gasteiger partial charge in [0.05, 0.1) is 19.2 Å². The maximum atomic E-state index is 11.7. The van der Waals surface area contributed by atoms with Crippen molar-refractivity contribution in [2.75, 3.05) is 12.4 Å². The molecule has 100 valence electrons. The molecule has 0 amide bonds. The first-order valence-electron chi connectivity index (χ1n) is 5.32. The number of esters is 1. The minimum atomic E-state index is -0.383. The van der Waals surface area contributed by atoms with Gasteiger partial charge in [-0.05, 0) is 18.2 Å². The Bertz CT molecular complexity index is 603. The van der Waals surface area contributed by atoms with Crippen LogP contribution in [0.15, 0.2) is 28.9 Å². The van der Waals surface area contributed by atoms with Gasteiger partial charge in [-0.2, -0.15) is 0 Å². The number of benzene rings is 1. The summed E-state index contributed by atoms with van der Waals surface area (Å²) in [5, 5.41) is 3.18. The number of anilines is 1. The molecular weight excluding hydrogens is 352 g/mol. The summed E-state index contributed by atoms with van der Waals surface area (Å²) in [5.74, 6) is -0.383. The van der Waals surface area contributed by atoms with Gasteiger partial charge in [-0.1, -0.05) is 27.5 Å². The molecule has 0 aliphatic carbocycles. The molecule has 0 bridgehead atoms. The zero-order valence-corrected chi connectivity index (χ0v) is 13.1. The molecule has 2 aromatic rings. The smallest absolute Gasteiger partial charge is 0.340 e. The Morgan fingerprint density at radius 1 is 1.58 bits per heavy atom. The van der Waals surface area contributed by atoms with Crippen molar-refractivity contribution in [1.29, 1.82) is 0 Å². The van der Waals surface area contributed by atoms with Gasteiger partial charge in [-0.25, -0.2) is 9.78 Å². The van der Waals surface area contributed by atoms with E-state index in [1.165, 1.54) is 18.4 Å². The molecule has 7 heteroatoms. The predicted molar refractivity (Wildman–Crippen MR) is 79.9 cm³/mol. The summed E-state index contributed by atoms with van der Waals surface area (Å²) in [7, 11) is 1.36. The normalized spacial score (nSPS) is 10.3. The van der Waals surface area contributed by atoms with E-state index >= 15 is 0 Å². The van der Waals surface area contributed by atoms with Crippen LogP contribution >= 0.6 is 38.9 Å². The molecule has 0 saturated carbocycles. The van der Waals surface area contributed by atoms with Gasteiger partial charge in [-0.3, -0.25) is 0 Å². The molecule has 0 fully saturated rings. The average molecular weight is 362 g/mol. The van der Waals surface area contributed by atoms with Crippen LogP contribution in [0.25, 0.3) is 0 Å². The molecule has 0 saturated heterocycles. The lowest BCUT2D eigenvalue weighted by Crippen LogP contribution is -2.07. The first-order chi connectivity index (χ1) is 9.10. The third-order valence-corrected chi connectivity index (χ3v) is 3.97. The molecule has 19 heavy (non-hydrogen) atoms. The van der Waals surface area contributed by atoms with E-state index in [0.29, 0.717) is 22.3 Å². The van der Waals surface area contributed by atoms with Crippen LogP contribution in [0.4, 0.5) is 5.69 Å². The Labute approximate surface area is 127 Å². The van der Waals surface area contributed by atoms with E-state index in [1.807, 2.05) is 12.1 Å². The number of aromatic nitrogens is 1. The number of nitrogens with one attached hydrogen (secondary N) is 1. The molecular formula is C12H10BrClN2O2S. The Hall–Kier alpha value is -1.11. The summed E-state index contributed by atoms with van der Waals surface area (Å²) in [6, 6.07) is 5.39. The minimum Gasteiger partial charge on any atom is -0.465 e. The van der Waals surface area contributed by atoms with Gasteiger partial charge in [0.1, 0.15) is 0 Å². The highest BCUT2D eigenvalue weighted by Gasteiger charge is 2.12. The van der Waals surface area contributed by atoms with Crippen LogP contribution in [-0.4, -0.2) is 18.1 Å². The van der Waals surface area contributed by atoms with E-state index in [4.69, 9.17) is 16.3 Å². The molecule has 4 nitrogen and oxygen atoms in total. The number of ether oxygens (including phenoxy) is 1. The molecule has 0 atom stereocenters. The van der Waals surface area contributed by atoms with Crippen molar-refractivity contribution in [2.45, 2.75) is 6.54 Å². The van der Waals surface area contributed by atoms with E-state index in [0.717, 1.165) is 9.35 Å². The molecule has 0 aliphatic rings. The summed E-state index contributed by atoms with van der Waals surface area (Å²) in [5.41, 5.74) is 1.19. The molecule has 0 spiro atoms. The standard InChI is InChI=1S/C12H10BrClN2O2S/c1-18-11(17)9-4-7(13)2-3-10(9)15-5-8-6-16-12(14)19-8/h2-4,6,15H,5H2,1H3. The summed E-state index contributed by atoms with van der Waals surface area (Å²) in [6.45, 7) is 0.552. The molecule has 0 radical (unpaired) electrons. The van der Waals surface area contributed by atoms with Gasteiger partial charge in [0.2, 0.25) is 0 Å². The van der Waals surface area contributed by atoms with Crippen LogP contribution in [0.1, 0.15) is 15.2 Å². The number of methoxy groups -OCH3 is 1. The molecule has 1 N–H and O–H groups in total. The van der Waals surface area contributed by atoms with Gasteiger partial charge >= 0.3 is 5.97 Å². The Morgan fingerprint density at radius 2 is 2.37 bits per heavy atom. The Balaban J connectivity index is 2.17. The van der Waals surface area contributed by atoms with Crippen molar-refractivity contribution in [3.05, 3.63) is 43.8 Å². The topological polar surface area (TPSA) is 51.2 Å². The summed E-state index contributed by atoms with van der Waals surface area (Å²) in [6.07, 6.45) is 1.71. The highest BCUT2D eigenvalue weighted by atomic mass is 79.9. The number of thiazole rings is 1. The average Bonchev–Trinajstić information content (AvgIpc) is 2.82. The van der Waals surface area contributed by atoms with Crippen LogP contribution in [0.5, 0.6) is 0 Å². The van der Waals surface area contributed by atoms with Crippen LogP contribution in [-0.2, 0) is 11.3 Å². The number of carbonyl (C=O) groups excluding carboxylic acids is 1. The summed E-state index contributed by atoms with van der Waals surface area (Å²) >= 11 is 10.5. The van der Waals surface area contributed by atoms with E-state index in [9.17, 15) is 4.79 Å². The lowest BCUT2D eigenvalue weighted by Gasteiger charge is -2.10. The second-order valence-electron chi connectivity index (χ2n) is 3.61. The highest BCUT2D eigenvalue weighted by molar-refractivity contribution is 9.10. The minimum absolute atomic E-state index is 0.383. The van der Waals surface area contributed by atoms with Crippen molar-refractivity contribution < 1.29 is 9.53 Å². The fourth-order valence-electron chi connectivity index (χ4n) is 1.50. The number of halogens is 2. The van der Waals surface area contributed by atoms with Crippen molar-refractivity contribution in [3.63, 3.8) is 0 Å². The van der Waals surface area contributed by atoms with E-state index in [2.05, 4.69) is 26.2 Å². The number of carbonyl (C=O) groups is 1. The number of hydrogen-bond acceptors (Lipinski definition) is 5. The first kappa shape index (κ1) is 14.3. The second kappa shape index (κ2) is 6.36. The van der Waals surface area contributed by atoms with Crippen molar-refractivity contribution in [1.82, 2.24) is 4.98 Å². The highest BCUT2D eigenvalue weighted by Crippen LogP contribution is 2.24. The van der Waals surface area contributed by atoms with Crippen LogP contribution in [0.2, 0.25) is 4.47 Å². The summed E-state index contributed by atoms with van der Waals surface area (Å²) < 4.78 is 6.08. The van der Waals surface area contributed by atoms with E-state index < -0.39 is 0 Å². The largest absolute Gasteiger partial charge is 0.465 e. The molecule has 0 aliphatic heterocycles. The van der Waals surface area contributed by atoms with Gasteiger partial charge in [-0.15, -0.1) is 11.3 Å². The van der Waals surface area contributed by atoms with Crippen molar-refractivity contribution in [2.24, 2.45) is 0 Å². The third-order valence-electron chi connectivity index (χ3n) is 2.37. The monoisotopic (exact) mass is 360 g/mol. The second-order valence-corrected chi connectivity index (χ2v) is 6.23. The van der Waals surface area contributed by atoms with Crippen molar-refractivity contribution >= 4 is 50.5 Å². The maximum absolute atomic E-state index is 11.7. The molecule has 1 heterocycles. The molecule has 1 aromatic heterocycles. The van der Waals surface area contributed by atoms with Crippen LogP contribution in [0, 0.1) is 0 Å². The lowest BCUT2D eigenvalue weighted by atomic mass is 10.2. The predicted octanol–water partition coefficient (Wildman–Crippen LogP) is 3.96. The van der Waals surface area contributed by atoms with E-state index in [1.54, 1.807) is 12.3 Å². The zero-order valence-electron chi connectivity index (χ0n) is 9.94.